The number of hydrogen-bond acceptors (Lipinski definition) is 0. The molecule has 0 atom stereocenters. The topological polar surface area (TPSA) is 4.41 Å². The Hall–Kier alpha value is -3.79. The van der Waals surface area contributed by atoms with Crippen LogP contribution in [-0.2, 0) is 6.18 Å². The van der Waals surface area contributed by atoms with E-state index in [1.165, 1.54) is 12.1 Å². The van der Waals surface area contributed by atoms with Gasteiger partial charge >= 0.3 is 6.18 Å². The maximum absolute atomic E-state index is 13.8. The second-order valence-electron chi connectivity index (χ2n) is 8.19. The molecule has 31 heavy (non-hydrogen) atoms. The van der Waals surface area contributed by atoms with Gasteiger partial charge in [-0.2, -0.15) is 13.2 Å². The van der Waals surface area contributed by atoms with Gasteiger partial charge in [-0.15, -0.1) is 0 Å². The summed E-state index contributed by atoms with van der Waals surface area (Å²) in [4.78, 5) is 0. The van der Waals surface area contributed by atoms with Crippen LogP contribution in [0.5, 0.6) is 0 Å². The number of aromatic nitrogens is 1. The van der Waals surface area contributed by atoms with Gasteiger partial charge in [-0.25, -0.2) is 0 Å². The van der Waals surface area contributed by atoms with Crippen molar-refractivity contribution < 1.29 is 13.2 Å². The second-order valence-corrected chi connectivity index (χ2v) is 8.19. The van der Waals surface area contributed by atoms with E-state index in [0.717, 1.165) is 48.9 Å². The average Bonchev–Trinajstić information content (AvgIpc) is 3.26. The lowest BCUT2D eigenvalue weighted by atomic mass is 10.0. The molecule has 4 heteroatoms. The predicted molar refractivity (Wildman–Crippen MR) is 121 cm³/mol. The maximum Gasteiger partial charge on any atom is 0.416 e. The van der Waals surface area contributed by atoms with E-state index in [1.807, 2.05) is 60.7 Å². The number of fused-ring (bicyclic) bond motifs is 8. The van der Waals surface area contributed by atoms with E-state index in [0.29, 0.717) is 10.8 Å². The predicted octanol–water partition coefficient (Wildman–Crippen LogP) is 8.16. The molecule has 0 spiro atoms. The summed E-state index contributed by atoms with van der Waals surface area (Å²) < 4.78 is 43.6. The Morgan fingerprint density at radius 1 is 0.516 bits per heavy atom. The van der Waals surface area contributed by atoms with Crippen LogP contribution in [0, 0.1) is 0 Å². The first kappa shape index (κ1) is 16.9. The van der Waals surface area contributed by atoms with Crippen molar-refractivity contribution in [2.24, 2.45) is 0 Å². The van der Waals surface area contributed by atoms with Gasteiger partial charge in [-0.1, -0.05) is 48.5 Å². The molecule has 0 bridgehead atoms. The van der Waals surface area contributed by atoms with Gasteiger partial charge in [-0.3, -0.25) is 0 Å². The Morgan fingerprint density at radius 2 is 0.935 bits per heavy atom. The normalized spacial score (nSPS) is 13.0. The third-order valence-corrected chi connectivity index (χ3v) is 6.45. The Bertz CT molecular complexity index is 1700. The van der Waals surface area contributed by atoms with E-state index in [9.17, 15) is 13.2 Å². The van der Waals surface area contributed by atoms with E-state index < -0.39 is 11.7 Å². The van der Waals surface area contributed by atoms with Crippen LogP contribution in [0.25, 0.3) is 59.6 Å². The molecule has 0 amide bonds. The van der Waals surface area contributed by atoms with E-state index in [1.54, 1.807) is 0 Å². The molecule has 0 radical (unpaired) electrons. The van der Waals surface area contributed by atoms with E-state index in [-0.39, 0.29) is 0 Å². The Morgan fingerprint density at radius 3 is 1.35 bits per heavy atom. The van der Waals surface area contributed by atoms with Gasteiger partial charge in [0, 0.05) is 21.5 Å². The summed E-state index contributed by atoms with van der Waals surface area (Å²) in [5, 5.41) is 7.16. The fourth-order valence-electron chi connectivity index (χ4n) is 5.08. The van der Waals surface area contributed by atoms with Crippen molar-refractivity contribution in [2.45, 2.75) is 6.18 Å². The van der Waals surface area contributed by atoms with Crippen molar-refractivity contribution in [3.05, 3.63) is 90.5 Å². The van der Waals surface area contributed by atoms with Crippen LogP contribution in [0.2, 0.25) is 0 Å². The molecule has 148 valence electrons. The van der Waals surface area contributed by atoms with Crippen LogP contribution in [0.15, 0.2) is 84.9 Å². The standard InChI is InChI=1S/C27H14F3N/c28-27(29,30)19-13-22-20-9-15-5-1-3-7-17(15)11-24(20)31-25-12-18-8-4-2-6-16(18)10-21(25)23(14-19)26(22)31/h1-14H. The summed E-state index contributed by atoms with van der Waals surface area (Å²) in [6, 6.07) is 26.8. The summed E-state index contributed by atoms with van der Waals surface area (Å²) in [6.07, 6.45) is -4.41. The van der Waals surface area contributed by atoms with Crippen LogP contribution in [0.1, 0.15) is 5.56 Å². The first-order valence-electron chi connectivity index (χ1n) is 10.1. The van der Waals surface area contributed by atoms with Crippen LogP contribution < -0.4 is 0 Å². The quantitative estimate of drug-likeness (QED) is 0.238. The van der Waals surface area contributed by atoms with Crippen LogP contribution in [0.4, 0.5) is 13.2 Å². The van der Waals surface area contributed by atoms with Crippen molar-refractivity contribution in [3.63, 3.8) is 0 Å². The van der Waals surface area contributed by atoms with Crippen LogP contribution >= 0.6 is 0 Å². The minimum atomic E-state index is -4.41. The molecule has 2 aromatic heterocycles. The van der Waals surface area contributed by atoms with Gasteiger partial charge in [0.25, 0.3) is 0 Å². The lowest BCUT2D eigenvalue weighted by molar-refractivity contribution is -0.137. The lowest BCUT2D eigenvalue weighted by Crippen LogP contribution is -2.04. The van der Waals surface area contributed by atoms with E-state index in [2.05, 4.69) is 16.5 Å². The minimum Gasteiger partial charge on any atom is -0.308 e. The molecule has 2 heterocycles. The molecular weight excluding hydrogens is 395 g/mol. The fourth-order valence-corrected chi connectivity index (χ4v) is 5.08. The number of benzene rings is 5. The number of nitrogens with zero attached hydrogens (tertiary/aromatic N) is 1. The van der Waals surface area contributed by atoms with Crippen LogP contribution in [0.3, 0.4) is 0 Å². The molecule has 0 saturated carbocycles. The summed E-state index contributed by atoms with van der Waals surface area (Å²) in [7, 11) is 0. The van der Waals surface area contributed by atoms with Gasteiger partial charge in [-0.05, 0) is 57.9 Å². The highest BCUT2D eigenvalue weighted by Crippen LogP contribution is 2.44. The molecule has 7 aromatic rings. The first-order chi connectivity index (χ1) is 15.0. The van der Waals surface area contributed by atoms with Crippen molar-refractivity contribution in [1.29, 1.82) is 0 Å². The number of alkyl halides is 3. The molecule has 7 rings (SSSR count). The molecule has 0 aliphatic rings. The summed E-state index contributed by atoms with van der Waals surface area (Å²) in [5.41, 5.74) is 2.11. The molecule has 0 unspecified atom stereocenters. The van der Waals surface area contributed by atoms with Gasteiger partial charge in [0.15, 0.2) is 0 Å². The van der Waals surface area contributed by atoms with Crippen molar-refractivity contribution in [2.75, 3.05) is 0 Å². The highest BCUT2D eigenvalue weighted by molar-refractivity contribution is 6.26. The van der Waals surface area contributed by atoms with Crippen molar-refractivity contribution in [3.8, 4) is 0 Å². The van der Waals surface area contributed by atoms with Crippen molar-refractivity contribution >= 4 is 59.6 Å². The average molecular weight is 409 g/mol. The summed E-state index contributed by atoms with van der Waals surface area (Å²) in [6.45, 7) is 0. The molecule has 0 aliphatic carbocycles. The van der Waals surface area contributed by atoms with Gasteiger partial charge in [0.05, 0.1) is 22.1 Å². The molecule has 1 nitrogen and oxygen atoms in total. The molecular formula is C27H14F3N. The zero-order valence-corrected chi connectivity index (χ0v) is 16.2. The minimum absolute atomic E-state index is 0.608. The SMILES string of the molecule is FC(F)(F)c1cc2c3cc4ccccc4cc3n3c4cc5ccccc5cc4c(c1)c23. The highest BCUT2D eigenvalue weighted by Gasteiger charge is 2.32. The largest absolute Gasteiger partial charge is 0.416 e. The lowest BCUT2D eigenvalue weighted by Gasteiger charge is -2.08. The van der Waals surface area contributed by atoms with Gasteiger partial charge < -0.3 is 4.40 Å². The molecule has 0 saturated heterocycles. The van der Waals surface area contributed by atoms with Gasteiger partial charge in [0.1, 0.15) is 0 Å². The fraction of sp³-hybridized carbons (Fsp3) is 0.0370. The Kier molecular flexibility index (Phi) is 2.99. The third kappa shape index (κ3) is 2.17. The smallest absolute Gasteiger partial charge is 0.308 e. The van der Waals surface area contributed by atoms with Crippen LogP contribution in [-0.4, -0.2) is 4.40 Å². The second kappa shape index (κ2) is 5.46. The monoisotopic (exact) mass is 409 g/mol. The third-order valence-electron chi connectivity index (χ3n) is 6.45. The summed E-state index contributed by atoms with van der Waals surface area (Å²) >= 11 is 0. The Balaban J connectivity index is 1.81. The zero-order chi connectivity index (χ0) is 20.9. The molecule has 0 N–H and O–H groups in total. The van der Waals surface area contributed by atoms with E-state index in [4.69, 9.17) is 0 Å². The highest BCUT2D eigenvalue weighted by atomic mass is 19.4. The van der Waals surface area contributed by atoms with E-state index >= 15 is 0 Å². The van der Waals surface area contributed by atoms with Gasteiger partial charge in [0.2, 0.25) is 0 Å². The molecule has 0 fully saturated rings. The summed E-state index contributed by atoms with van der Waals surface area (Å²) in [5.74, 6) is 0. The number of hydrogen-bond donors (Lipinski definition) is 0. The molecule has 5 aromatic carbocycles. The van der Waals surface area contributed by atoms with Crippen molar-refractivity contribution in [1.82, 2.24) is 4.40 Å². The molecule has 0 aliphatic heterocycles. The first-order valence-corrected chi connectivity index (χ1v) is 10.1. The number of halogens is 3. The Labute approximate surface area is 174 Å². The maximum atomic E-state index is 13.8. The number of rotatable bonds is 0. The zero-order valence-electron chi connectivity index (χ0n) is 16.2.